The molecule has 2 fully saturated rings. The van der Waals surface area contributed by atoms with Crippen molar-refractivity contribution in [3.05, 3.63) is 35.1 Å². The molecule has 0 aliphatic heterocycles. The van der Waals surface area contributed by atoms with Crippen molar-refractivity contribution in [3.8, 4) is 0 Å². The van der Waals surface area contributed by atoms with E-state index in [0.717, 1.165) is 17.4 Å². The number of hydrogen-bond donors (Lipinski definition) is 1. The van der Waals surface area contributed by atoms with Gasteiger partial charge in [-0.2, -0.15) is 0 Å². The summed E-state index contributed by atoms with van der Waals surface area (Å²) in [7, 11) is 0. The van der Waals surface area contributed by atoms with Crippen molar-refractivity contribution < 1.29 is 4.39 Å². The summed E-state index contributed by atoms with van der Waals surface area (Å²) in [6.07, 6.45) is 5.40. The van der Waals surface area contributed by atoms with Crippen molar-refractivity contribution >= 4 is 0 Å². The lowest BCUT2D eigenvalue weighted by molar-refractivity contribution is 0.284. The second-order valence-electron chi connectivity index (χ2n) is 5.87. The predicted molar refractivity (Wildman–Crippen MR) is 67.0 cm³/mol. The predicted octanol–water partition coefficient (Wildman–Crippen LogP) is 3.57. The number of fused-ring (bicyclic) bond motifs is 2. The molecule has 2 saturated carbocycles. The van der Waals surface area contributed by atoms with E-state index >= 15 is 0 Å². The summed E-state index contributed by atoms with van der Waals surface area (Å²) in [4.78, 5) is 0. The summed E-state index contributed by atoms with van der Waals surface area (Å²) in [5, 5.41) is 0. The maximum atomic E-state index is 13.2. The minimum Gasteiger partial charge on any atom is -0.324 e. The summed E-state index contributed by atoms with van der Waals surface area (Å²) in [5.74, 6) is 2.23. The highest BCUT2D eigenvalue weighted by molar-refractivity contribution is 5.27. The van der Waals surface area contributed by atoms with Crippen LogP contribution in [0.3, 0.4) is 0 Å². The largest absolute Gasteiger partial charge is 0.324 e. The molecule has 1 nitrogen and oxygen atoms in total. The van der Waals surface area contributed by atoms with E-state index < -0.39 is 0 Å². The van der Waals surface area contributed by atoms with Gasteiger partial charge < -0.3 is 5.73 Å². The number of benzene rings is 1. The zero-order chi connectivity index (χ0) is 12.0. The maximum Gasteiger partial charge on any atom is 0.126 e. The first-order chi connectivity index (χ1) is 8.15. The van der Waals surface area contributed by atoms with E-state index in [9.17, 15) is 4.39 Å². The van der Waals surface area contributed by atoms with Crippen LogP contribution < -0.4 is 5.73 Å². The summed E-state index contributed by atoms with van der Waals surface area (Å²) < 4.78 is 13.2. The molecule has 92 valence electrons. The summed E-state index contributed by atoms with van der Waals surface area (Å²) in [5.41, 5.74) is 8.21. The van der Waals surface area contributed by atoms with Crippen molar-refractivity contribution in [1.82, 2.24) is 0 Å². The molecular weight excluding hydrogens is 213 g/mol. The highest BCUT2D eigenvalue weighted by Crippen LogP contribution is 2.51. The summed E-state index contributed by atoms with van der Waals surface area (Å²) >= 11 is 0. The first kappa shape index (κ1) is 11.2. The number of rotatable bonds is 2. The molecule has 1 aromatic carbocycles. The van der Waals surface area contributed by atoms with Crippen LogP contribution in [0.15, 0.2) is 18.2 Å². The molecule has 0 amide bonds. The van der Waals surface area contributed by atoms with Gasteiger partial charge in [0.25, 0.3) is 0 Å². The molecule has 4 atom stereocenters. The van der Waals surface area contributed by atoms with Gasteiger partial charge in [-0.15, -0.1) is 0 Å². The molecular formula is C15H20FN. The quantitative estimate of drug-likeness (QED) is 0.830. The van der Waals surface area contributed by atoms with Gasteiger partial charge in [0.15, 0.2) is 0 Å². The van der Waals surface area contributed by atoms with E-state index in [0.29, 0.717) is 11.5 Å². The van der Waals surface area contributed by atoms with Gasteiger partial charge in [-0.25, -0.2) is 4.39 Å². The van der Waals surface area contributed by atoms with Gasteiger partial charge in [-0.05, 0) is 61.1 Å². The van der Waals surface area contributed by atoms with Gasteiger partial charge in [0, 0.05) is 6.04 Å². The summed E-state index contributed by atoms with van der Waals surface area (Å²) in [6, 6.07) is 5.44. The number of halogens is 1. The molecule has 17 heavy (non-hydrogen) atoms. The van der Waals surface area contributed by atoms with E-state index in [1.54, 1.807) is 6.07 Å². The molecule has 4 unspecified atom stereocenters. The molecule has 0 heterocycles. The topological polar surface area (TPSA) is 26.0 Å². The lowest BCUT2D eigenvalue weighted by atomic mass is 9.81. The molecule has 0 radical (unpaired) electrons. The van der Waals surface area contributed by atoms with Crippen molar-refractivity contribution in [3.63, 3.8) is 0 Å². The molecule has 1 aromatic rings. The zero-order valence-electron chi connectivity index (χ0n) is 10.3. The van der Waals surface area contributed by atoms with E-state index in [1.165, 1.54) is 25.7 Å². The van der Waals surface area contributed by atoms with E-state index in [-0.39, 0.29) is 11.9 Å². The first-order valence-corrected chi connectivity index (χ1v) is 6.67. The Balaban J connectivity index is 1.81. The van der Waals surface area contributed by atoms with E-state index in [4.69, 9.17) is 5.73 Å². The van der Waals surface area contributed by atoms with Gasteiger partial charge in [-0.3, -0.25) is 0 Å². The maximum absolute atomic E-state index is 13.2. The number of hydrogen-bond acceptors (Lipinski definition) is 1. The Morgan fingerprint density at radius 1 is 1.29 bits per heavy atom. The highest BCUT2D eigenvalue weighted by Gasteiger charge is 2.42. The molecule has 2 aliphatic carbocycles. The van der Waals surface area contributed by atoms with Gasteiger partial charge in [0.1, 0.15) is 5.82 Å². The summed E-state index contributed by atoms with van der Waals surface area (Å²) in [6.45, 7) is 1.81. The third-order valence-corrected chi connectivity index (χ3v) is 4.82. The Morgan fingerprint density at radius 3 is 2.71 bits per heavy atom. The Labute approximate surface area is 102 Å². The average Bonchev–Trinajstić information content (AvgIpc) is 2.93. The molecule has 0 spiro atoms. The third kappa shape index (κ3) is 1.89. The van der Waals surface area contributed by atoms with Crippen LogP contribution in [-0.2, 0) is 0 Å². The number of aryl methyl sites for hydroxylation is 1. The fraction of sp³-hybridized carbons (Fsp3) is 0.600. The molecule has 2 N–H and O–H groups in total. The van der Waals surface area contributed by atoms with Crippen LogP contribution in [0.2, 0.25) is 0 Å². The van der Waals surface area contributed by atoms with Crippen LogP contribution in [0.4, 0.5) is 4.39 Å². The first-order valence-electron chi connectivity index (χ1n) is 6.67. The lowest BCUT2D eigenvalue weighted by Gasteiger charge is -2.28. The molecule has 0 saturated heterocycles. The Hall–Kier alpha value is -0.890. The van der Waals surface area contributed by atoms with Gasteiger partial charge >= 0.3 is 0 Å². The van der Waals surface area contributed by atoms with Crippen molar-refractivity contribution in [1.29, 1.82) is 0 Å². The Kier molecular flexibility index (Phi) is 2.70. The minimum atomic E-state index is -0.131. The SMILES string of the molecule is Cc1cc(C(N)C2CC3CCC2C3)ccc1F. The lowest BCUT2D eigenvalue weighted by Crippen LogP contribution is -2.26. The molecule has 2 heteroatoms. The van der Waals surface area contributed by atoms with Gasteiger partial charge in [-0.1, -0.05) is 18.6 Å². The normalized spacial score (nSPS) is 33.0. The monoisotopic (exact) mass is 233 g/mol. The van der Waals surface area contributed by atoms with E-state index in [1.807, 2.05) is 19.1 Å². The van der Waals surface area contributed by atoms with Gasteiger partial charge in [0.05, 0.1) is 0 Å². The Morgan fingerprint density at radius 2 is 2.12 bits per heavy atom. The zero-order valence-corrected chi connectivity index (χ0v) is 10.3. The smallest absolute Gasteiger partial charge is 0.126 e. The van der Waals surface area contributed by atoms with Crippen molar-refractivity contribution in [2.75, 3.05) is 0 Å². The van der Waals surface area contributed by atoms with Crippen LogP contribution in [0.1, 0.15) is 42.9 Å². The standard InChI is InChI=1S/C15H20FN/c1-9-6-12(4-5-14(9)16)15(17)13-8-10-2-3-11(13)7-10/h4-6,10-11,13,15H,2-3,7-8,17H2,1H3. The average molecular weight is 233 g/mol. The van der Waals surface area contributed by atoms with Crippen LogP contribution in [0.5, 0.6) is 0 Å². The fourth-order valence-corrected chi connectivity index (χ4v) is 3.86. The molecule has 0 aromatic heterocycles. The minimum absolute atomic E-state index is 0.101. The fourth-order valence-electron chi connectivity index (χ4n) is 3.86. The number of nitrogens with two attached hydrogens (primary N) is 1. The van der Waals surface area contributed by atoms with Crippen molar-refractivity contribution in [2.24, 2.45) is 23.5 Å². The van der Waals surface area contributed by atoms with Crippen molar-refractivity contribution in [2.45, 2.75) is 38.6 Å². The molecule has 2 aliphatic rings. The van der Waals surface area contributed by atoms with Gasteiger partial charge in [0.2, 0.25) is 0 Å². The molecule has 2 bridgehead atoms. The Bertz CT molecular complexity index is 429. The van der Waals surface area contributed by atoms with Crippen LogP contribution >= 0.6 is 0 Å². The second-order valence-corrected chi connectivity index (χ2v) is 5.87. The van der Waals surface area contributed by atoms with Crippen LogP contribution in [0, 0.1) is 30.5 Å². The van der Waals surface area contributed by atoms with Crippen LogP contribution in [0.25, 0.3) is 0 Å². The molecule has 3 rings (SSSR count). The highest BCUT2D eigenvalue weighted by atomic mass is 19.1. The second kappa shape index (κ2) is 4.09. The van der Waals surface area contributed by atoms with Crippen LogP contribution in [-0.4, -0.2) is 0 Å². The third-order valence-electron chi connectivity index (χ3n) is 4.82. The van der Waals surface area contributed by atoms with E-state index in [2.05, 4.69) is 0 Å².